The van der Waals surface area contributed by atoms with Gasteiger partial charge in [-0.15, -0.1) is 0 Å². The lowest BCUT2D eigenvalue weighted by Gasteiger charge is -2.37. The number of nitrogens with zero attached hydrogens (tertiary/aromatic N) is 1. The van der Waals surface area contributed by atoms with Crippen molar-refractivity contribution < 1.29 is 24.5 Å². The van der Waals surface area contributed by atoms with E-state index in [0.717, 1.165) is 5.39 Å². The Morgan fingerprint density at radius 1 is 1.21 bits per heavy atom. The van der Waals surface area contributed by atoms with Crippen LogP contribution < -0.4 is 5.32 Å². The molecule has 7 nitrogen and oxygen atoms in total. The number of ether oxygens (including phenoxy) is 1. The van der Waals surface area contributed by atoms with Gasteiger partial charge in [0.05, 0.1) is 25.4 Å². The van der Waals surface area contributed by atoms with Gasteiger partial charge in [-0.2, -0.15) is 0 Å². The maximum Gasteiger partial charge on any atom is 0.254 e. The van der Waals surface area contributed by atoms with Gasteiger partial charge in [-0.25, -0.2) is 0 Å². The monoisotopic (exact) mass is 384 g/mol. The second-order valence-corrected chi connectivity index (χ2v) is 7.51. The molecular weight excluding hydrogens is 360 g/mol. The molecule has 1 saturated heterocycles. The summed E-state index contributed by atoms with van der Waals surface area (Å²) in [6.07, 6.45) is 0.602. The molecular formula is C21H24N2O5. The summed E-state index contributed by atoms with van der Waals surface area (Å²) in [5.74, 6) is -0.363. The van der Waals surface area contributed by atoms with Crippen molar-refractivity contribution in [3.8, 4) is 5.75 Å². The van der Waals surface area contributed by atoms with Crippen molar-refractivity contribution in [3.05, 3.63) is 42.0 Å². The molecule has 0 bridgehead atoms. The van der Waals surface area contributed by atoms with E-state index in [1.54, 1.807) is 11.0 Å². The first-order chi connectivity index (χ1) is 13.5. The van der Waals surface area contributed by atoms with Crippen LogP contribution in [0.4, 0.5) is 0 Å². The van der Waals surface area contributed by atoms with Crippen molar-refractivity contribution in [1.82, 2.24) is 10.2 Å². The molecule has 2 aromatic carbocycles. The van der Waals surface area contributed by atoms with Crippen molar-refractivity contribution in [2.45, 2.75) is 25.0 Å². The molecule has 3 N–H and O–H groups in total. The number of amides is 2. The summed E-state index contributed by atoms with van der Waals surface area (Å²) >= 11 is 0. The van der Waals surface area contributed by atoms with Crippen LogP contribution in [0.3, 0.4) is 0 Å². The number of aromatic hydroxyl groups is 1. The number of hydrogen-bond donors (Lipinski definition) is 3. The van der Waals surface area contributed by atoms with Gasteiger partial charge in [-0.3, -0.25) is 9.59 Å². The summed E-state index contributed by atoms with van der Waals surface area (Å²) in [6.45, 7) is 1.51. The third kappa shape index (κ3) is 3.68. The molecule has 1 aliphatic carbocycles. The van der Waals surface area contributed by atoms with Gasteiger partial charge < -0.3 is 25.2 Å². The average molecular weight is 384 g/mol. The molecule has 1 aliphatic heterocycles. The number of fused-ring (bicyclic) bond motifs is 1. The van der Waals surface area contributed by atoms with Crippen molar-refractivity contribution in [2.75, 3.05) is 26.3 Å². The lowest BCUT2D eigenvalue weighted by atomic mass is 9.82. The molecule has 2 amide bonds. The predicted octanol–water partition coefficient (Wildman–Crippen LogP) is 1.27. The largest absolute Gasteiger partial charge is 0.507 e. The predicted molar refractivity (Wildman–Crippen MR) is 103 cm³/mol. The second-order valence-electron chi connectivity index (χ2n) is 7.51. The fourth-order valence-corrected chi connectivity index (χ4v) is 3.84. The lowest BCUT2D eigenvalue weighted by molar-refractivity contribution is -0.131. The van der Waals surface area contributed by atoms with Gasteiger partial charge in [0.2, 0.25) is 5.91 Å². The first-order valence-electron chi connectivity index (χ1n) is 9.59. The SMILES string of the molecule is O=C(NCC1COCCN1C(=O)c1cc(O)c2ccccc2c1)C1CC(O)C1. The number of carbonyl (C=O) groups excluding carboxylic acids is 2. The van der Waals surface area contributed by atoms with Crippen LogP contribution in [-0.2, 0) is 9.53 Å². The summed E-state index contributed by atoms with van der Waals surface area (Å²) < 4.78 is 5.51. The Morgan fingerprint density at radius 2 is 2.00 bits per heavy atom. The summed E-state index contributed by atoms with van der Waals surface area (Å²) in [5.41, 5.74) is 0.413. The molecule has 1 heterocycles. The zero-order valence-electron chi connectivity index (χ0n) is 15.5. The molecule has 2 fully saturated rings. The first kappa shape index (κ1) is 18.7. The number of carbonyl (C=O) groups is 2. The Hall–Kier alpha value is -2.64. The van der Waals surface area contributed by atoms with E-state index in [1.807, 2.05) is 24.3 Å². The molecule has 0 aromatic heterocycles. The van der Waals surface area contributed by atoms with Gasteiger partial charge in [-0.1, -0.05) is 24.3 Å². The fraction of sp³-hybridized carbons (Fsp3) is 0.429. The topological polar surface area (TPSA) is 99.1 Å². The Balaban J connectivity index is 1.47. The second kappa shape index (κ2) is 7.77. The van der Waals surface area contributed by atoms with Gasteiger partial charge in [0, 0.05) is 30.0 Å². The molecule has 1 atom stereocenters. The molecule has 4 rings (SSSR count). The molecule has 1 unspecified atom stereocenters. The maximum atomic E-state index is 13.1. The van der Waals surface area contributed by atoms with Crippen molar-refractivity contribution in [2.24, 2.45) is 5.92 Å². The molecule has 0 spiro atoms. The van der Waals surface area contributed by atoms with Crippen LogP contribution in [0.1, 0.15) is 23.2 Å². The number of aliphatic hydroxyl groups excluding tert-OH is 1. The van der Waals surface area contributed by atoms with E-state index in [2.05, 4.69) is 5.32 Å². The van der Waals surface area contributed by atoms with E-state index in [4.69, 9.17) is 4.74 Å². The highest BCUT2D eigenvalue weighted by Gasteiger charge is 2.34. The zero-order valence-corrected chi connectivity index (χ0v) is 15.5. The number of hydrogen-bond acceptors (Lipinski definition) is 5. The van der Waals surface area contributed by atoms with E-state index in [1.165, 1.54) is 6.07 Å². The number of benzene rings is 2. The fourth-order valence-electron chi connectivity index (χ4n) is 3.84. The minimum absolute atomic E-state index is 0.0723. The minimum Gasteiger partial charge on any atom is -0.507 e. The quantitative estimate of drug-likeness (QED) is 0.737. The Bertz CT molecular complexity index is 893. The number of morpholine rings is 1. The molecule has 2 aliphatic rings. The molecule has 1 saturated carbocycles. The van der Waals surface area contributed by atoms with Crippen LogP contribution in [0, 0.1) is 5.92 Å². The summed E-state index contributed by atoms with van der Waals surface area (Å²) in [7, 11) is 0. The van der Waals surface area contributed by atoms with Gasteiger partial charge in [-0.05, 0) is 30.4 Å². The molecule has 0 radical (unpaired) electrons. The first-order valence-corrected chi connectivity index (χ1v) is 9.59. The van der Waals surface area contributed by atoms with E-state index in [-0.39, 0.29) is 35.6 Å². The Kier molecular flexibility index (Phi) is 5.19. The van der Waals surface area contributed by atoms with Crippen molar-refractivity contribution in [3.63, 3.8) is 0 Å². The minimum atomic E-state index is -0.382. The third-order valence-electron chi connectivity index (χ3n) is 5.57. The Morgan fingerprint density at radius 3 is 2.79 bits per heavy atom. The lowest BCUT2D eigenvalue weighted by Crippen LogP contribution is -2.54. The van der Waals surface area contributed by atoms with E-state index in [9.17, 15) is 19.8 Å². The molecule has 2 aromatic rings. The van der Waals surface area contributed by atoms with E-state index < -0.39 is 0 Å². The number of phenolic OH excluding ortho intramolecular Hbond substituents is 1. The normalized spacial score (nSPS) is 24.6. The van der Waals surface area contributed by atoms with Gasteiger partial charge in [0.1, 0.15) is 5.75 Å². The summed E-state index contributed by atoms with van der Waals surface area (Å²) in [5, 5.41) is 24.0. The zero-order chi connectivity index (χ0) is 19.7. The average Bonchev–Trinajstić information content (AvgIpc) is 2.69. The maximum absolute atomic E-state index is 13.1. The summed E-state index contributed by atoms with van der Waals surface area (Å²) in [4.78, 5) is 27.0. The highest BCUT2D eigenvalue weighted by molar-refractivity contribution is 6.01. The number of phenols is 1. The van der Waals surface area contributed by atoms with Crippen LogP contribution in [0.25, 0.3) is 10.8 Å². The molecule has 148 valence electrons. The van der Waals surface area contributed by atoms with Crippen LogP contribution in [0.2, 0.25) is 0 Å². The van der Waals surface area contributed by atoms with E-state index >= 15 is 0 Å². The highest BCUT2D eigenvalue weighted by atomic mass is 16.5. The van der Waals surface area contributed by atoms with Gasteiger partial charge in [0.25, 0.3) is 5.91 Å². The molecule has 28 heavy (non-hydrogen) atoms. The number of aliphatic hydroxyl groups is 1. The van der Waals surface area contributed by atoms with Crippen molar-refractivity contribution >= 4 is 22.6 Å². The van der Waals surface area contributed by atoms with Gasteiger partial charge >= 0.3 is 0 Å². The number of rotatable bonds is 4. The molecule has 7 heteroatoms. The smallest absolute Gasteiger partial charge is 0.254 e. The van der Waals surface area contributed by atoms with Crippen LogP contribution >= 0.6 is 0 Å². The van der Waals surface area contributed by atoms with Crippen LogP contribution in [0.15, 0.2) is 36.4 Å². The number of nitrogens with one attached hydrogen (secondary N) is 1. The van der Waals surface area contributed by atoms with Gasteiger partial charge in [0.15, 0.2) is 0 Å². The highest BCUT2D eigenvalue weighted by Crippen LogP contribution is 2.28. The van der Waals surface area contributed by atoms with Crippen LogP contribution in [0.5, 0.6) is 5.75 Å². The standard InChI is InChI=1S/C21H24N2O5/c24-17-8-14(9-17)20(26)22-11-16-12-28-6-5-23(16)21(27)15-7-13-3-1-2-4-18(13)19(25)10-15/h1-4,7,10,14,16-17,24-25H,5-6,8-9,11-12H2,(H,22,26). The van der Waals surface area contributed by atoms with Crippen LogP contribution in [-0.4, -0.2) is 65.4 Å². The third-order valence-corrected chi connectivity index (χ3v) is 5.57. The Labute approximate surface area is 162 Å². The van der Waals surface area contributed by atoms with Crippen molar-refractivity contribution in [1.29, 1.82) is 0 Å². The van der Waals surface area contributed by atoms with E-state index in [0.29, 0.717) is 50.1 Å². The summed E-state index contributed by atoms with van der Waals surface area (Å²) in [6, 6.07) is 10.4.